The molecule has 0 fully saturated rings. The van der Waals surface area contributed by atoms with Gasteiger partial charge in [-0.25, -0.2) is 0 Å². The van der Waals surface area contributed by atoms with E-state index in [0.29, 0.717) is 80.8 Å². The summed E-state index contributed by atoms with van der Waals surface area (Å²) in [7, 11) is 0. The Bertz CT molecular complexity index is 2760. The molecule has 0 N–H and O–H groups in total. The molecular weight excluding hydrogens is 1870 g/mol. The number of carbonyl (C=O) groups is 10. The molecule has 0 aromatic rings. The zero-order valence-electron chi connectivity index (χ0n) is 91.0. The van der Waals surface area contributed by atoms with Gasteiger partial charge in [0.15, 0.2) is 0 Å². The van der Waals surface area contributed by atoms with Crippen molar-refractivity contribution in [2.45, 2.75) is 442 Å². The van der Waals surface area contributed by atoms with Gasteiger partial charge in [-0.2, -0.15) is 58.8 Å². The standard InChI is InChI=1S/C112H209N3O20S5/c1-11-16-21-26-31-36-41-46-51-58-88-136-93-98(6)108(121)131-83-78-126-103(116)64-73-113(71-63-72-115(76-67-106(119)129-81-86-134-111(124)101(9)96-139-91-61-54-49-44-39-34-29-24-19-14-4)77-68-107(120)130-82-87-135-112(125)102(10)97-140-92-62-55-50-45-40-35-30-25-20-15-5)69-56-57-70-114(74-65-104(117)127-79-84-132-109(122)99(7)94-137-89-59-52-47-42-37-32-27-22-17-12-2)75-66-105(118)128-80-85-133-110(123)100(8)95-138-90-60-53-48-43-38-33-28-23-18-13-3/h98-102H,11-97H2,1-10H3. The summed E-state index contributed by atoms with van der Waals surface area (Å²) in [5.41, 5.74) is 0. The number of rotatable bonds is 109. The first kappa shape index (κ1) is 136. The molecule has 140 heavy (non-hydrogen) atoms. The Morgan fingerprint density at radius 1 is 0.171 bits per heavy atom. The van der Waals surface area contributed by atoms with Crippen LogP contribution in [-0.2, 0) is 95.3 Å². The van der Waals surface area contributed by atoms with Crippen LogP contribution in [0.2, 0.25) is 0 Å². The van der Waals surface area contributed by atoms with Crippen molar-refractivity contribution in [3.05, 3.63) is 0 Å². The minimum Gasteiger partial charge on any atom is -0.462 e. The predicted octanol–water partition coefficient (Wildman–Crippen LogP) is 26.9. The highest BCUT2D eigenvalue weighted by Crippen LogP contribution is 2.24. The fraction of sp³-hybridized carbons (Fsp3) is 0.911. The van der Waals surface area contributed by atoms with Gasteiger partial charge in [-0.15, -0.1) is 0 Å². The van der Waals surface area contributed by atoms with Gasteiger partial charge in [0.1, 0.15) is 66.1 Å². The lowest BCUT2D eigenvalue weighted by molar-refractivity contribution is -0.154. The van der Waals surface area contributed by atoms with Crippen molar-refractivity contribution in [1.82, 2.24) is 14.7 Å². The van der Waals surface area contributed by atoms with Crippen LogP contribution < -0.4 is 0 Å². The molecule has 0 aromatic heterocycles. The molecule has 23 nitrogen and oxygen atoms in total. The first-order chi connectivity index (χ1) is 68.2. The van der Waals surface area contributed by atoms with E-state index >= 15 is 0 Å². The normalized spacial score (nSPS) is 12.6. The topological polar surface area (TPSA) is 273 Å². The molecule has 0 radical (unpaired) electrons. The maximum absolute atomic E-state index is 13.6. The number of hydrogen-bond acceptors (Lipinski definition) is 28. The zero-order chi connectivity index (χ0) is 103. The summed E-state index contributed by atoms with van der Waals surface area (Å²) in [6, 6.07) is 0. The quantitative estimate of drug-likeness (QED) is 0.0311. The third-order valence-electron chi connectivity index (χ3n) is 25.3. The largest absolute Gasteiger partial charge is 0.462 e. The average Bonchev–Trinajstić information content (AvgIpc) is 0.930. The summed E-state index contributed by atoms with van der Waals surface area (Å²) >= 11 is 8.83. The predicted molar refractivity (Wildman–Crippen MR) is 588 cm³/mol. The molecule has 0 heterocycles. The number of hydrogen-bond donors (Lipinski definition) is 0. The third-order valence-corrected chi connectivity index (χ3v) is 31.9. The summed E-state index contributed by atoms with van der Waals surface area (Å²) in [5, 5.41) is 0. The second-order valence-corrected chi connectivity index (χ2v) is 44.8. The highest BCUT2D eigenvalue weighted by molar-refractivity contribution is 8.00. The number of nitrogens with zero attached hydrogens (tertiary/aromatic N) is 3. The lowest BCUT2D eigenvalue weighted by Gasteiger charge is -2.26. The number of esters is 10. The number of ether oxygens (including phenoxy) is 10. The van der Waals surface area contributed by atoms with Gasteiger partial charge in [-0.1, -0.05) is 358 Å². The molecular formula is C112H209N3O20S5. The van der Waals surface area contributed by atoms with Crippen molar-refractivity contribution >= 4 is 119 Å². The molecule has 0 spiro atoms. The number of unbranched alkanes of at least 4 members (excludes halogenated alkanes) is 46. The smallest absolute Gasteiger partial charge is 0.309 e. The van der Waals surface area contributed by atoms with Crippen LogP contribution in [0.1, 0.15) is 442 Å². The summed E-state index contributed by atoms with van der Waals surface area (Å²) in [6.07, 6.45) is 65.4. The zero-order valence-corrected chi connectivity index (χ0v) is 95.0. The van der Waals surface area contributed by atoms with E-state index in [2.05, 4.69) is 39.5 Å². The molecule has 0 saturated heterocycles. The van der Waals surface area contributed by atoms with E-state index in [-0.39, 0.29) is 184 Å². The van der Waals surface area contributed by atoms with Crippen molar-refractivity contribution in [2.75, 3.05) is 183 Å². The van der Waals surface area contributed by atoms with E-state index in [9.17, 15) is 47.9 Å². The first-order valence-electron chi connectivity index (χ1n) is 56.9. The molecule has 0 aliphatic carbocycles. The molecule has 0 amide bonds. The molecule has 0 aliphatic heterocycles. The van der Waals surface area contributed by atoms with Crippen LogP contribution in [0.5, 0.6) is 0 Å². The van der Waals surface area contributed by atoms with Gasteiger partial charge in [0.2, 0.25) is 0 Å². The second kappa shape index (κ2) is 105. The van der Waals surface area contributed by atoms with Crippen molar-refractivity contribution in [3.63, 3.8) is 0 Å². The Hall–Kier alpha value is -3.67. The second-order valence-electron chi connectivity index (χ2n) is 39.1. The highest BCUT2D eigenvalue weighted by Gasteiger charge is 2.24. The number of thioether (sulfide) groups is 5. The van der Waals surface area contributed by atoms with E-state index < -0.39 is 29.8 Å². The molecule has 0 rings (SSSR count). The first-order valence-corrected chi connectivity index (χ1v) is 62.7. The van der Waals surface area contributed by atoms with Crippen LogP contribution in [0.25, 0.3) is 0 Å². The molecule has 5 atom stereocenters. The molecule has 0 saturated carbocycles. The molecule has 0 aliphatic rings. The van der Waals surface area contributed by atoms with Crippen LogP contribution in [-0.4, -0.2) is 257 Å². The van der Waals surface area contributed by atoms with Gasteiger partial charge >= 0.3 is 59.7 Å². The number of carbonyl (C=O) groups excluding carboxylic acids is 10. The third kappa shape index (κ3) is 94.1. The van der Waals surface area contributed by atoms with Gasteiger partial charge in [-0.3, -0.25) is 47.9 Å². The van der Waals surface area contributed by atoms with E-state index in [4.69, 9.17) is 47.4 Å². The molecule has 28 heteroatoms. The van der Waals surface area contributed by atoms with Crippen molar-refractivity contribution in [1.29, 1.82) is 0 Å². The van der Waals surface area contributed by atoms with Gasteiger partial charge in [0, 0.05) is 61.5 Å². The Morgan fingerprint density at radius 3 is 0.471 bits per heavy atom. The van der Waals surface area contributed by atoms with Gasteiger partial charge < -0.3 is 62.1 Å². The van der Waals surface area contributed by atoms with Crippen LogP contribution in [0.15, 0.2) is 0 Å². The maximum atomic E-state index is 13.6. The van der Waals surface area contributed by atoms with Crippen molar-refractivity contribution < 1.29 is 95.3 Å². The van der Waals surface area contributed by atoms with Gasteiger partial charge in [-0.05, 0) is 106 Å². The van der Waals surface area contributed by atoms with Gasteiger partial charge in [0.25, 0.3) is 0 Å². The van der Waals surface area contributed by atoms with Crippen molar-refractivity contribution in [3.8, 4) is 0 Å². The van der Waals surface area contributed by atoms with Crippen molar-refractivity contribution in [2.24, 2.45) is 29.6 Å². The Morgan fingerprint density at radius 2 is 0.307 bits per heavy atom. The van der Waals surface area contributed by atoms with E-state index in [1.54, 1.807) is 58.8 Å². The Balaban J connectivity index is 6.48. The average molecular weight is 2080 g/mol. The minimum atomic E-state index is -0.493. The fourth-order valence-corrected chi connectivity index (χ4v) is 21.4. The maximum Gasteiger partial charge on any atom is 0.309 e. The molecule has 0 aromatic carbocycles. The van der Waals surface area contributed by atoms with Crippen LogP contribution in [0.4, 0.5) is 0 Å². The van der Waals surface area contributed by atoms with Gasteiger partial charge in [0.05, 0.1) is 61.7 Å². The Labute approximate surface area is 876 Å². The SMILES string of the molecule is CCCCCCCCCCCCSCC(C)C(=O)OCCOC(=O)CCN(CCCCN(CCC(=O)OCCOC(=O)C(C)CSCCCCCCCCCCCC)CCC(=O)OCCOC(=O)C(C)CSCCCCCCCCCCCC)CCCN(CCC(=O)OCCOC(=O)C(C)CSCCCCCCCCCCCC)CCC(=O)OCCOC(=O)C(C)CSCCCCCCCCCCCC. The van der Waals surface area contributed by atoms with E-state index in [1.165, 1.54) is 289 Å². The minimum absolute atomic E-state index is 0.000935. The molecule has 5 unspecified atom stereocenters. The summed E-state index contributed by atoms with van der Waals surface area (Å²) < 4.78 is 55.8. The fourth-order valence-electron chi connectivity index (χ4n) is 16.1. The highest BCUT2D eigenvalue weighted by atomic mass is 32.2. The van der Waals surface area contributed by atoms with Crippen LogP contribution >= 0.6 is 58.8 Å². The lowest BCUT2D eigenvalue weighted by Crippen LogP contribution is -2.35. The lowest BCUT2D eigenvalue weighted by atomic mass is 10.1. The Kier molecular flexibility index (Phi) is 102. The summed E-state index contributed by atoms with van der Waals surface area (Å²) in [4.78, 5) is 138. The van der Waals surface area contributed by atoms with E-state index in [0.717, 1.165) is 60.9 Å². The summed E-state index contributed by atoms with van der Waals surface area (Å²) in [6.45, 7) is 22.9. The van der Waals surface area contributed by atoms with E-state index in [1.807, 2.05) is 44.4 Å². The molecule has 0 bridgehead atoms. The summed E-state index contributed by atoms with van der Waals surface area (Å²) in [5.74, 6) is 2.67. The van der Waals surface area contributed by atoms with Crippen LogP contribution in [0, 0.1) is 29.6 Å². The monoisotopic (exact) mass is 2080 g/mol. The molecule has 822 valence electrons. The van der Waals surface area contributed by atoms with Crippen LogP contribution in [0.3, 0.4) is 0 Å².